The Morgan fingerprint density at radius 3 is 3.06 bits per heavy atom. The van der Waals surface area contributed by atoms with Crippen LogP contribution in [-0.2, 0) is 16.0 Å². The van der Waals surface area contributed by atoms with E-state index in [2.05, 4.69) is 17.4 Å². The molecule has 0 bridgehead atoms. The minimum atomic E-state index is -0.00423. The summed E-state index contributed by atoms with van der Waals surface area (Å²) in [5.41, 5.74) is 1.26. The molecule has 0 radical (unpaired) electrons. The number of halogens is 1. The molecule has 0 saturated carbocycles. The van der Waals surface area contributed by atoms with Crippen molar-refractivity contribution in [2.24, 2.45) is 0 Å². The van der Waals surface area contributed by atoms with E-state index >= 15 is 0 Å². The molecule has 1 aromatic carbocycles. The molecule has 2 rings (SSSR count). The highest BCUT2D eigenvalue weighted by Gasteiger charge is 2.27. The highest BCUT2D eigenvalue weighted by molar-refractivity contribution is 8.01. The van der Waals surface area contributed by atoms with Crippen LogP contribution in [0.5, 0.6) is 0 Å². The molecule has 1 aromatic rings. The zero-order valence-corrected chi connectivity index (χ0v) is 11.6. The van der Waals surface area contributed by atoms with E-state index in [4.69, 9.17) is 16.3 Å². The van der Waals surface area contributed by atoms with E-state index in [0.29, 0.717) is 25.6 Å². The lowest BCUT2D eigenvalue weighted by Gasteiger charge is -2.09. The van der Waals surface area contributed by atoms with Crippen LogP contribution in [0, 0.1) is 0 Å². The number of benzene rings is 1. The lowest BCUT2D eigenvalue weighted by molar-refractivity contribution is -0.120. The van der Waals surface area contributed by atoms with Crippen LogP contribution in [0.1, 0.15) is 5.56 Å². The van der Waals surface area contributed by atoms with Gasteiger partial charge in [-0.1, -0.05) is 18.2 Å². The van der Waals surface area contributed by atoms with Crippen molar-refractivity contribution < 1.29 is 9.53 Å². The Hall–Kier alpha value is -0.710. The summed E-state index contributed by atoms with van der Waals surface area (Å²) in [6.45, 7) is 1.59. The smallest absolute Gasteiger partial charge is 0.233 e. The monoisotopic (exact) mass is 285 g/mol. The van der Waals surface area contributed by atoms with Gasteiger partial charge >= 0.3 is 0 Å². The fraction of sp³-hybridized carbons (Fsp3) is 0.462. The Kier molecular flexibility index (Phi) is 5.35. The molecule has 1 aliphatic rings. The zero-order chi connectivity index (χ0) is 12.8. The van der Waals surface area contributed by atoms with Crippen molar-refractivity contribution in [2.75, 3.05) is 25.6 Å². The van der Waals surface area contributed by atoms with Gasteiger partial charge in [-0.2, -0.15) is 0 Å². The lowest BCUT2D eigenvalue weighted by atomic mass is 10.1. The Morgan fingerprint density at radius 2 is 2.28 bits per heavy atom. The quantitative estimate of drug-likeness (QED) is 0.642. The van der Waals surface area contributed by atoms with Gasteiger partial charge in [-0.3, -0.25) is 4.79 Å². The van der Waals surface area contributed by atoms with Gasteiger partial charge in [0, 0.05) is 17.3 Å². The second kappa shape index (κ2) is 7.02. The molecular weight excluding hydrogens is 270 g/mol. The Balaban J connectivity index is 1.72. The molecular formula is C13H16ClNO2S. The summed E-state index contributed by atoms with van der Waals surface area (Å²) in [5.74, 6) is 0.576. The van der Waals surface area contributed by atoms with Gasteiger partial charge in [0.2, 0.25) is 5.91 Å². The number of hydrogen-bond acceptors (Lipinski definition) is 3. The minimum Gasteiger partial charge on any atom is -0.378 e. The van der Waals surface area contributed by atoms with Gasteiger partial charge in [-0.15, -0.1) is 23.4 Å². The Labute approximate surface area is 116 Å². The maximum absolute atomic E-state index is 11.9. The largest absolute Gasteiger partial charge is 0.378 e. The number of carbonyl (C=O) groups is 1. The molecule has 0 spiro atoms. The molecule has 98 valence electrons. The summed E-state index contributed by atoms with van der Waals surface area (Å²) in [5, 5.41) is 2.89. The fourth-order valence-electron chi connectivity index (χ4n) is 1.85. The first kappa shape index (κ1) is 13.7. The van der Waals surface area contributed by atoms with Crippen molar-refractivity contribution >= 4 is 29.3 Å². The third kappa shape index (κ3) is 3.64. The second-order valence-corrected chi connectivity index (χ2v) is 5.63. The third-order valence-corrected chi connectivity index (χ3v) is 4.18. The number of rotatable bonds is 6. The molecule has 1 atom stereocenters. The summed E-state index contributed by atoms with van der Waals surface area (Å²) in [6.07, 6.45) is 0.815. The number of ether oxygens (including phenoxy) is 1. The van der Waals surface area contributed by atoms with Gasteiger partial charge in [-0.25, -0.2) is 0 Å². The van der Waals surface area contributed by atoms with Crippen molar-refractivity contribution in [3.63, 3.8) is 0 Å². The Morgan fingerprint density at radius 1 is 1.44 bits per heavy atom. The van der Waals surface area contributed by atoms with Crippen LogP contribution in [0.15, 0.2) is 29.2 Å². The van der Waals surface area contributed by atoms with Gasteiger partial charge in [0.15, 0.2) is 0 Å². The number of nitrogens with one attached hydrogen (secondary N) is 1. The molecule has 18 heavy (non-hydrogen) atoms. The van der Waals surface area contributed by atoms with Crippen LogP contribution in [0.25, 0.3) is 0 Å². The van der Waals surface area contributed by atoms with Gasteiger partial charge in [0.25, 0.3) is 0 Å². The molecule has 1 unspecified atom stereocenters. The van der Waals surface area contributed by atoms with Crippen LogP contribution >= 0.6 is 23.4 Å². The summed E-state index contributed by atoms with van der Waals surface area (Å²) in [4.78, 5) is 13.2. The molecule has 1 heterocycles. The highest BCUT2D eigenvalue weighted by Crippen LogP contribution is 2.36. The average Bonchev–Trinajstić information content (AvgIpc) is 2.82. The van der Waals surface area contributed by atoms with E-state index in [0.717, 1.165) is 6.42 Å². The molecule has 0 saturated heterocycles. The van der Waals surface area contributed by atoms with Crippen molar-refractivity contribution in [3.05, 3.63) is 29.8 Å². The van der Waals surface area contributed by atoms with Gasteiger partial charge in [0.05, 0.1) is 18.5 Å². The van der Waals surface area contributed by atoms with E-state index in [9.17, 15) is 4.79 Å². The number of carbonyl (C=O) groups excluding carboxylic acids is 1. The maximum Gasteiger partial charge on any atom is 0.233 e. The summed E-state index contributed by atoms with van der Waals surface area (Å²) in [6, 6.07) is 8.17. The normalized spacial score (nSPS) is 17.5. The predicted octanol–water partition coefficient (Wildman–Crippen LogP) is 2.08. The number of hydrogen-bond donors (Lipinski definition) is 1. The van der Waals surface area contributed by atoms with Crippen molar-refractivity contribution in [1.29, 1.82) is 0 Å². The van der Waals surface area contributed by atoms with Gasteiger partial charge < -0.3 is 10.1 Å². The van der Waals surface area contributed by atoms with Crippen LogP contribution in [0.3, 0.4) is 0 Å². The van der Waals surface area contributed by atoms with E-state index < -0.39 is 0 Å². The first-order valence-corrected chi connectivity index (χ1v) is 7.38. The van der Waals surface area contributed by atoms with Crippen LogP contribution < -0.4 is 5.32 Å². The van der Waals surface area contributed by atoms with Crippen LogP contribution in [0.2, 0.25) is 0 Å². The van der Waals surface area contributed by atoms with E-state index in [-0.39, 0.29) is 11.2 Å². The van der Waals surface area contributed by atoms with E-state index in [1.54, 1.807) is 11.8 Å². The summed E-state index contributed by atoms with van der Waals surface area (Å²) < 4.78 is 5.20. The zero-order valence-electron chi connectivity index (χ0n) is 10.0. The summed E-state index contributed by atoms with van der Waals surface area (Å²) in [7, 11) is 0. The maximum atomic E-state index is 11.9. The molecule has 1 N–H and O–H groups in total. The highest BCUT2D eigenvalue weighted by atomic mass is 35.5. The Bertz CT molecular complexity index is 389. The molecule has 3 nitrogen and oxygen atoms in total. The molecule has 1 amide bonds. The van der Waals surface area contributed by atoms with Gasteiger partial charge in [-0.05, 0) is 18.1 Å². The number of thioether (sulfide) groups is 1. The van der Waals surface area contributed by atoms with E-state index in [1.807, 2.05) is 12.1 Å². The first-order chi connectivity index (χ1) is 8.81. The van der Waals surface area contributed by atoms with Crippen molar-refractivity contribution in [3.8, 4) is 0 Å². The first-order valence-electron chi connectivity index (χ1n) is 5.97. The topological polar surface area (TPSA) is 38.3 Å². The lowest BCUT2D eigenvalue weighted by Crippen LogP contribution is -2.34. The fourth-order valence-corrected chi connectivity index (χ4v) is 3.17. The standard InChI is InChI=1S/C13H16ClNO2S/c14-5-7-17-8-6-15-13(16)12-9-10-3-1-2-4-11(10)18-12/h1-4,12H,5-9H2,(H,15,16). The van der Waals surface area contributed by atoms with Crippen LogP contribution in [0.4, 0.5) is 0 Å². The molecule has 0 aliphatic carbocycles. The van der Waals surface area contributed by atoms with Gasteiger partial charge in [0.1, 0.15) is 0 Å². The molecule has 0 aromatic heterocycles. The third-order valence-electron chi connectivity index (χ3n) is 2.71. The molecule has 5 heteroatoms. The average molecular weight is 286 g/mol. The number of fused-ring (bicyclic) bond motifs is 1. The molecule has 0 fully saturated rings. The SMILES string of the molecule is O=C(NCCOCCCl)C1Cc2ccccc2S1. The number of alkyl halides is 1. The predicted molar refractivity (Wildman–Crippen MR) is 74.3 cm³/mol. The molecule has 1 aliphatic heterocycles. The van der Waals surface area contributed by atoms with Crippen molar-refractivity contribution in [2.45, 2.75) is 16.6 Å². The summed E-state index contributed by atoms with van der Waals surface area (Å²) >= 11 is 7.12. The van der Waals surface area contributed by atoms with E-state index in [1.165, 1.54) is 10.5 Å². The van der Waals surface area contributed by atoms with Crippen molar-refractivity contribution in [1.82, 2.24) is 5.32 Å². The number of amides is 1. The minimum absolute atomic E-state index is 0.00423. The second-order valence-electron chi connectivity index (χ2n) is 4.01. The van der Waals surface area contributed by atoms with Crippen LogP contribution in [-0.4, -0.2) is 36.8 Å².